The van der Waals surface area contributed by atoms with Gasteiger partial charge in [-0.2, -0.15) is 0 Å². The Morgan fingerprint density at radius 2 is 2.04 bits per heavy atom. The molecule has 5 heteroatoms. The van der Waals surface area contributed by atoms with E-state index in [1.165, 1.54) is 0 Å². The fourth-order valence-electron chi connectivity index (χ4n) is 4.09. The van der Waals surface area contributed by atoms with Gasteiger partial charge < -0.3 is 15.0 Å². The molecule has 1 saturated heterocycles. The zero-order chi connectivity index (χ0) is 18.7. The Morgan fingerprint density at radius 1 is 1.31 bits per heavy atom. The van der Waals surface area contributed by atoms with Gasteiger partial charge in [-0.25, -0.2) is 0 Å². The summed E-state index contributed by atoms with van der Waals surface area (Å²) in [6.07, 6.45) is 5.39. The lowest BCUT2D eigenvalue weighted by Crippen LogP contribution is -2.56. The highest BCUT2D eigenvalue weighted by Crippen LogP contribution is 2.33. The monoisotopic (exact) mass is 358 g/mol. The predicted octanol–water partition coefficient (Wildman–Crippen LogP) is 3.27. The van der Waals surface area contributed by atoms with Crippen LogP contribution in [0.4, 0.5) is 0 Å². The van der Waals surface area contributed by atoms with Crippen LogP contribution in [0.3, 0.4) is 0 Å². The molecule has 3 rings (SSSR count). The van der Waals surface area contributed by atoms with E-state index in [2.05, 4.69) is 12.2 Å². The second-order valence-electron chi connectivity index (χ2n) is 8.04. The van der Waals surface area contributed by atoms with Crippen molar-refractivity contribution >= 4 is 11.8 Å². The maximum absolute atomic E-state index is 13.1. The number of nitrogens with one attached hydrogen (secondary N) is 1. The van der Waals surface area contributed by atoms with E-state index >= 15 is 0 Å². The Kier molecular flexibility index (Phi) is 5.54. The maximum Gasteiger partial charge on any atom is 0.245 e. The molecule has 1 aromatic carbocycles. The zero-order valence-corrected chi connectivity index (χ0v) is 16.1. The minimum Gasteiger partial charge on any atom is -0.497 e. The fourth-order valence-corrected chi connectivity index (χ4v) is 4.09. The summed E-state index contributed by atoms with van der Waals surface area (Å²) in [6, 6.07) is 7.92. The summed E-state index contributed by atoms with van der Waals surface area (Å²) in [6.45, 7) is 4.60. The zero-order valence-electron chi connectivity index (χ0n) is 16.1. The van der Waals surface area contributed by atoms with Gasteiger partial charge in [-0.15, -0.1) is 0 Å². The standard InChI is InChI=1S/C21H30N2O3/c1-15-7-9-17(10-8-15)22-20(25)21(2)12-11-19(24)23(21)14-16-5-4-6-18(13-16)26-3/h4-6,13,15,17H,7-12,14H2,1-3H3,(H,22,25)/t15?,17?,21-/m0/s1. The van der Waals surface area contributed by atoms with E-state index < -0.39 is 5.54 Å². The molecule has 1 aliphatic carbocycles. The molecule has 2 fully saturated rings. The molecule has 142 valence electrons. The van der Waals surface area contributed by atoms with Crippen LogP contribution in [-0.2, 0) is 16.1 Å². The minimum absolute atomic E-state index is 0.00852. The van der Waals surface area contributed by atoms with E-state index in [4.69, 9.17) is 4.74 Å². The Hall–Kier alpha value is -2.04. The number of amides is 2. The number of rotatable bonds is 5. The first kappa shape index (κ1) is 18.7. The normalized spacial score (nSPS) is 28.9. The molecule has 0 spiro atoms. The molecule has 1 saturated carbocycles. The topological polar surface area (TPSA) is 58.6 Å². The number of nitrogens with zero attached hydrogens (tertiary/aromatic N) is 1. The van der Waals surface area contributed by atoms with Crippen LogP contribution in [-0.4, -0.2) is 35.4 Å². The van der Waals surface area contributed by atoms with Crippen molar-refractivity contribution in [2.75, 3.05) is 7.11 Å². The molecule has 2 aliphatic rings. The van der Waals surface area contributed by atoms with E-state index in [0.717, 1.165) is 42.9 Å². The number of carbonyl (C=O) groups excluding carboxylic acids is 2. The van der Waals surface area contributed by atoms with Gasteiger partial charge in [-0.1, -0.05) is 19.1 Å². The highest BCUT2D eigenvalue weighted by atomic mass is 16.5. The highest BCUT2D eigenvalue weighted by molar-refractivity contribution is 5.94. The Bertz CT molecular complexity index is 667. The summed E-state index contributed by atoms with van der Waals surface area (Å²) in [7, 11) is 1.63. The first-order valence-corrected chi connectivity index (χ1v) is 9.67. The van der Waals surface area contributed by atoms with Gasteiger partial charge in [0.05, 0.1) is 7.11 Å². The molecule has 26 heavy (non-hydrogen) atoms. The van der Waals surface area contributed by atoms with Gasteiger partial charge in [-0.3, -0.25) is 9.59 Å². The quantitative estimate of drug-likeness (QED) is 0.879. The van der Waals surface area contributed by atoms with Gasteiger partial charge in [0.1, 0.15) is 11.3 Å². The molecule has 1 N–H and O–H groups in total. The van der Waals surface area contributed by atoms with Crippen LogP contribution in [0.5, 0.6) is 5.75 Å². The van der Waals surface area contributed by atoms with E-state index in [1.54, 1.807) is 12.0 Å². The van der Waals surface area contributed by atoms with Crippen LogP contribution in [0, 0.1) is 5.92 Å². The summed E-state index contributed by atoms with van der Waals surface area (Å²) in [5.74, 6) is 1.54. The first-order valence-electron chi connectivity index (χ1n) is 9.67. The average Bonchev–Trinajstić information content (AvgIpc) is 2.93. The van der Waals surface area contributed by atoms with Crippen LogP contribution in [0.2, 0.25) is 0 Å². The molecule has 1 aromatic rings. The number of hydrogen-bond acceptors (Lipinski definition) is 3. The largest absolute Gasteiger partial charge is 0.497 e. The van der Waals surface area contributed by atoms with Gasteiger partial charge in [0, 0.05) is 19.0 Å². The van der Waals surface area contributed by atoms with Gasteiger partial charge in [0.2, 0.25) is 11.8 Å². The average molecular weight is 358 g/mol. The lowest BCUT2D eigenvalue weighted by Gasteiger charge is -2.36. The summed E-state index contributed by atoms with van der Waals surface area (Å²) in [4.78, 5) is 27.3. The van der Waals surface area contributed by atoms with Gasteiger partial charge in [-0.05, 0) is 62.6 Å². The number of benzene rings is 1. The molecular weight excluding hydrogens is 328 g/mol. The molecule has 1 aliphatic heterocycles. The number of carbonyl (C=O) groups is 2. The Balaban J connectivity index is 1.71. The molecule has 0 aromatic heterocycles. The number of hydrogen-bond donors (Lipinski definition) is 1. The third kappa shape index (κ3) is 3.87. The van der Waals surface area contributed by atoms with Crippen molar-refractivity contribution in [3.63, 3.8) is 0 Å². The van der Waals surface area contributed by atoms with Crippen LogP contribution in [0.15, 0.2) is 24.3 Å². The molecule has 0 radical (unpaired) electrons. The van der Waals surface area contributed by atoms with Crippen LogP contribution >= 0.6 is 0 Å². The summed E-state index contributed by atoms with van der Waals surface area (Å²) < 4.78 is 5.27. The number of likely N-dealkylation sites (tertiary alicyclic amines) is 1. The van der Waals surface area contributed by atoms with Crippen LogP contribution in [0.25, 0.3) is 0 Å². The fraction of sp³-hybridized carbons (Fsp3) is 0.619. The van der Waals surface area contributed by atoms with E-state index in [1.807, 2.05) is 31.2 Å². The van der Waals surface area contributed by atoms with Gasteiger partial charge in [0.25, 0.3) is 0 Å². The smallest absolute Gasteiger partial charge is 0.245 e. The third-order valence-corrected chi connectivity index (χ3v) is 6.04. The first-order chi connectivity index (χ1) is 12.4. The minimum atomic E-state index is -0.775. The van der Waals surface area contributed by atoms with Crippen molar-refractivity contribution in [1.29, 1.82) is 0 Å². The van der Waals surface area contributed by atoms with Crippen molar-refractivity contribution in [1.82, 2.24) is 10.2 Å². The summed E-state index contributed by atoms with van der Waals surface area (Å²) >= 11 is 0. The van der Waals surface area contributed by atoms with Gasteiger partial charge >= 0.3 is 0 Å². The number of ether oxygens (including phenoxy) is 1. The Morgan fingerprint density at radius 3 is 2.73 bits per heavy atom. The third-order valence-electron chi connectivity index (χ3n) is 6.04. The van der Waals surface area contributed by atoms with Gasteiger partial charge in [0.15, 0.2) is 0 Å². The van der Waals surface area contributed by atoms with Crippen LogP contribution in [0.1, 0.15) is 57.9 Å². The Labute approximate surface area is 156 Å². The molecule has 1 atom stereocenters. The lowest BCUT2D eigenvalue weighted by molar-refractivity contribution is -0.141. The molecule has 1 heterocycles. The molecule has 2 amide bonds. The highest BCUT2D eigenvalue weighted by Gasteiger charge is 2.47. The molecular formula is C21H30N2O3. The van der Waals surface area contributed by atoms with Crippen molar-refractivity contribution in [2.24, 2.45) is 5.92 Å². The molecule has 0 bridgehead atoms. The second-order valence-corrected chi connectivity index (χ2v) is 8.04. The maximum atomic E-state index is 13.1. The van der Waals surface area contributed by atoms with Crippen LogP contribution < -0.4 is 10.1 Å². The summed E-state index contributed by atoms with van der Waals surface area (Å²) in [5, 5.41) is 3.22. The van der Waals surface area contributed by atoms with Crippen molar-refractivity contribution in [2.45, 2.75) is 70.5 Å². The van der Waals surface area contributed by atoms with E-state index in [0.29, 0.717) is 19.4 Å². The lowest BCUT2D eigenvalue weighted by atomic mass is 9.86. The van der Waals surface area contributed by atoms with E-state index in [-0.39, 0.29) is 17.9 Å². The van der Waals surface area contributed by atoms with Crippen molar-refractivity contribution in [3.8, 4) is 5.75 Å². The SMILES string of the molecule is COc1cccc(CN2C(=O)CC[C@@]2(C)C(=O)NC2CCC(C)CC2)c1. The molecule has 0 unspecified atom stereocenters. The predicted molar refractivity (Wildman–Crippen MR) is 101 cm³/mol. The summed E-state index contributed by atoms with van der Waals surface area (Å²) in [5.41, 5.74) is 0.202. The number of methoxy groups -OCH3 is 1. The molecule has 5 nitrogen and oxygen atoms in total. The second kappa shape index (κ2) is 7.68. The van der Waals surface area contributed by atoms with E-state index in [9.17, 15) is 9.59 Å². The van der Waals surface area contributed by atoms with Crippen molar-refractivity contribution < 1.29 is 14.3 Å². The van der Waals surface area contributed by atoms with Crippen molar-refractivity contribution in [3.05, 3.63) is 29.8 Å².